The van der Waals surface area contributed by atoms with Gasteiger partial charge < -0.3 is 10.1 Å². The molecule has 88 valence electrons. The molecule has 0 aromatic heterocycles. The molecule has 0 bridgehead atoms. The zero-order chi connectivity index (χ0) is 10.5. The molecule has 2 aliphatic rings. The third-order valence-electron chi connectivity index (χ3n) is 4.09. The van der Waals surface area contributed by atoms with Crippen molar-refractivity contribution in [3.63, 3.8) is 0 Å². The van der Waals surface area contributed by atoms with Gasteiger partial charge in [0.1, 0.15) is 0 Å². The van der Waals surface area contributed by atoms with Crippen molar-refractivity contribution in [1.29, 1.82) is 0 Å². The average molecular weight is 211 g/mol. The van der Waals surface area contributed by atoms with Crippen LogP contribution in [-0.4, -0.2) is 25.8 Å². The van der Waals surface area contributed by atoms with Crippen molar-refractivity contribution in [2.75, 3.05) is 19.8 Å². The Kier molecular flexibility index (Phi) is 4.45. The lowest BCUT2D eigenvalue weighted by Crippen LogP contribution is -2.38. The minimum absolute atomic E-state index is 0.717. The Balaban J connectivity index is 1.63. The van der Waals surface area contributed by atoms with E-state index in [0.717, 1.165) is 37.6 Å². The predicted molar refractivity (Wildman–Crippen MR) is 63.0 cm³/mol. The summed E-state index contributed by atoms with van der Waals surface area (Å²) in [6.07, 6.45) is 8.38. The first-order chi connectivity index (χ1) is 7.36. The topological polar surface area (TPSA) is 21.3 Å². The van der Waals surface area contributed by atoms with Gasteiger partial charge in [-0.05, 0) is 44.4 Å². The minimum Gasteiger partial charge on any atom is -0.381 e. The van der Waals surface area contributed by atoms with E-state index in [9.17, 15) is 0 Å². The summed E-state index contributed by atoms with van der Waals surface area (Å²) in [6.45, 7) is 5.48. The maximum Gasteiger partial charge on any atom is 0.0506 e. The van der Waals surface area contributed by atoms with E-state index in [4.69, 9.17) is 4.74 Å². The van der Waals surface area contributed by atoms with Gasteiger partial charge in [0.2, 0.25) is 0 Å². The van der Waals surface area contributed by atoms with E-state index in [1.165, 1.54) is 38.5 Å². The molecule has 2 nitrogen and oxygen atoms in total. The summed E-state index contributed by atoms with van der Waals surface area (Å²) in [5.74, 6) is 1.71. The van der Waals surface area contributed by atoms with Crippen LogP contribution in [-0.2, 0) is 4.74 Å². The summed E-state index contributed by atoms with van der Waals surface area (Å²) in [4.78, 5) is 0. The third kappa shape index (κ3) is 3.46. The number of nitrogens with one attached hydrogen (secondary N) is 1. The van der Waals surface area contributed by atoms with Gasteiger partial charge in [-0.3, -0.25) is 0 Å². The molecule has 0 amide bonds. The fourth-order valence-electron chi connectivity index (χ4n) is 2.95. The highest BCUT2D eigenvalue weighted by molar-refractivity contribution is 4.78. The van der Waals surface area contributed by atoms with Gasteiger partial charge in [0.05, 0.1) is 6.61 Å². The summed E-state index contributed by atoms with van der Waals surface area (Å²) in [7, 11) is 0. The zero-order valence-corrected chi connectivity index (χ0v) is 10.0. The first kappa shape index (κ1) is 11.4. The van der Waals surface area contributed by atoms with E-state index in [1.54, 1.807) is 0 Å². The van der Waals surface area contributed by atoms with E-state index < -0.39 is 0 Å². The van der Waals surface area contributed by atoms with Crippen LogP contribution in [0.15, 0.2) is 0 Å². The second-order valence-corrected chi connectivity index (χ2v) is 5.32. The SMILES string of the molecule is CC(NCC1CCCOC1)C1CCCC1. The van der Waals surface area contributed by atoms with Crippen LogP contribution in [0.2, 0.25) is 0 Å². The quantitative estimate of drug-likeness (QED) is 0.771. The molecule has 15 heavy (non-hydrogen) atoms. The van der Waals surface area contributed by atoms with Gasteiger partial charge in [-0.25, -0.2) is 0 Å². The number of hydrogen-bond donors (Lipinski definition) is 1. The summed E-state index contributed by atoms with van der Waals surface area (Å²) in [6, 6.07) is 0.717. The molecule has 1 N–H and O–H groups in total. The second kappa shape index (κ2) is 5.86. The normalized spacial score (nSPS) is 30.6. The summed E-state index contributed by atoms with van der Waals surface area (Å²) in [5, 5.41) is 3.71. The molecular formula is C13H25NO. The lowest BCUT2D eigenvalue weighted by molar-refractivity contribution is 0.0532. The highest BCUT2D eigenvalue weighted by Gasteiger charge is 2.22. The Labute approximate surface area is 93.8 Å². The van der Waals surface area contributed by atoms with Gasteiger partial charge in [-0.1, -0.05) is 12.8 Å². The van der Waals surface area contributed by atoms with E-state index >= 15 is 0 Å². The zero-order valence-electron chi connectivity index (χ0n) is 10.0. The smallest absolute Gasteiger partial charge is 0.0506 e. The number of ether oxygens (including phenoxy) is 1. The monoisotopic (exact) mass is 211 g/mol. The second-order valence-electron chi connectivity index (χ2n) is 5.32. The highest BCUT2D eigenvalue weighted by Crippen LogP contribution is 2.27. The van der Waals surface area contributed by atoms with Gasteiger partial charge in [-0.15, -0.1) is 0 Å². The number of rotatable bonds is 4. The summed E-state index contributed by atoms with van der Waals surface area (Å²) in [5.41, 5.74) is 0. The average Bonchev–Trinajstić information content (AvgIpc) is 2.81. The molecule has 0 aromatic carbocycles. The molecule has 2 rings (SSSR count). The van der Waals surface area contributed by atoms with Crippen molar-refractivity contribution < 1.29 is 4.74 Å². The molecule has 1 aliphatic carbocycles. The first-order valence-electron chi connectivity index (χ1n) is 6.67. The van der Waals surface area contributed by atoms with Gasteiger partial charge in [0.25, 0.3) is 0 Å². The van der Waals surface area contributed by atoms with Crippen LogP contribution in [0.3, 0.4) is 0 Å². The fraction of sp³-hybridized carbons (Fsp3) is 1.00. The van der Waals surface area contributed by atoms with E-state index in [0.29, 0.717) is 0 Å². The Morgan fingerprint density at radius 3 is 2.67 bits per heavy atom. The standard InChI is InChI=1S/C13H25NO/c1-11(13-6-2-3-7-13)14-9-12-5-4-8-15-10-12/h11-14H,2-10H2,1H3. The molecule has 0 radical (unpaired) electrons. The minimum atomic E-state index is 0.717. The van der Waals surface area contributed by atoms with Crippen molar-refractivity contribution in [3.8, 4) is 0 Å². The summed E-state index contributed by atoms with van der Waals surface area (Å²) < 4.78 is 5.50. The molecule has 1 heterocycles. The van der Waals surface area contributed by atoms with Crippen LogP contribution in [0, 0.1) is 11.8 Å². The molecule has 0 spiro atoms. The van der Waals surface area contributed by atoms with E-state index in [1.807, 2.05) is 0 Å². The van der Waals surface area contributed by atoms with Crippen molar-refractivity contribution in [2.45, 2.75) is 51.5 Å². The van der Waals surface area contributed by atoms with Gasteiger partial charge in [-0.2, -0.15) is 0 Å². The Bertz CT molecular complexity index is 171. The van der Waals surface area contributed by atoms with Crippen LogP contribution in [0.5, 0.6) is 0 Å². The molecule has 2 fully saturated rings. The molecule has 1 aliphatic heterocycles. The number of hydrogen-bond acceptors (Lipinski definition) is 2. The Morgan fingerprint density at radius 1 is 1.20 bits per heavy atom. The highest BCUT2D eigenvalue weighted by atomic mass is 16.5. The molecule has 1 saturated carbocycles. The lowest BCUT2D eigenvalue weighted by atomic mass is 9.97. The van der Waals surface area contributed by atoms with Crippen molar-refractivity contribution in [3.05, 3.63) is 0 Å². The van der Waals surface area contributed by atoms with Crippen LogP contribution in [0.4, 0.5) is 0 Å². The Morgan fingerprint density at radius 2 is 2.00 bits per heavy atom. The van der Waals surface area contributed by atoms with Gasteiger partial charge >= 0.3 is 0 Å². The van der Waals surface area contributed by atoms with Crippen LogP contribution >= 0.6 is 0 Å². The molecule has 2 heteroatoms. The molecule has 2 atom stereocenters. The molecular weight excluding hydrogens is 186 g/mol. The molecule has 0 aromatic rings. The predicted octanol–water partition coefficient (Wildman–Crippen LogP) is 2.58. The molecule has 1 saturated heterocycles. The van der Waals surface area contributed by atoms with Crippen LogP contribution in [0.1, 0.15) is 45.4 Å². The van der Waals surface area contributed by atoms with Crippen molar-refractivity contribution in [1.82, 2.24) is 5.32 Å². The van der Waals surface area contributed by atoms with Gasteiger partial charge in [0, 0.05) is 19.2 Å². The van der Waals surface area contributed by atoms with Crippen LogP contribution in [0.25, 0.3) is 0 Å². The third-order valence-corrected chi connectivity index (χ3v) is 4.09. The maximum atomic E-state index is 5.50. The van der Waals surface area contributed by atoms with Gasteiger partial charge in [0.15, 0.2) is 0 Å². The van der Waals surface area contributed by atoms with E-state index in [-0.39, 0.29) is 0 Å². The fourth-order valence-corrected chi connectivity index (χ4v) is 2.95. The largest absolute Gasteiger partial charge is 0.381 e. The molecule has 2 unspecified atom stereocenters. The van der Waals surface area contributed by atoms with Crippen LogP contribution < -0.4 is 5.32 Å². The lowest BCUT2D eigenvalue weighted by Gasteiger charge is -2.26. The maximum absolute atomic E-state index is 5.50. The summed E-state index contributed by atoms with van der Waals surface area (Å²) >= 11 is 0. The van der Waals surface area contributed by atoms with Crippen molar-refractivity contribution in [2.24, 2.45) is 11.8 Å². The Hall–Kier alpha value is -0.0800. The first-order valence-corrected chi connectivity index (χ1v) is 6.67. The van der Waals surface area contributed by atoms with E-state index in [2.05, 4.69) is 12.2 Å². The van der Waals surface area contributed by atoms with Crippen molar-refractivity contribution >= 4 is 0 Å².